The summed E-state index contributed by atoms with van der Waals surface area (Å²) < 4.78 is 11.3. The number of phenolic OH excluding ortho intramolecular Hbond substituents is 1. The monoisotopic (exact) mass is 346 g/mol. The molecule has 1 N–H and O–H groups in total. The number of aromatic hydroxyl groups is 1. The van der Waals surface area contributed by atoms with Crippen LogP contribution in [0, 0.1) is 0 Å². The molecular weight excluding hydrogens is 336 g/mol. The van der Waals surface area contributed by atoms with E-state index in [1.807, 2.05) is 24.3 Å². The minimum atomic E-state index is 0.0772. The van der Waals surface area contributed by atoms with E-state index in [0.29, 0.717) is 17.1 Å². The molecule has 1 aromatic heterocycles. The highest BCUT2D eigenvalue weighted by atomic mass is 79.9. The standard InChI is InChI=1S/C15H11BrN2O3/c1-20-13-5-3-2-4-10(13)14-17-15(21-18-14)11-8-9(16)6-7-12(11)19/h2-8,19H,1H3. The second-order valence-corrected chi connectivity index (χ2v) is 5.20. The normalized spacial score (nSPS) is 10.6. The third-order valence-corrected chi connectivity index (χ3v) is 3.46. The first kappa shape index (κ1) is 13.6. The van der Waals surface area contributed by atoms with Gasteiger partial charge in [-0.3, -0.25) is 0 Å². The van der Waals surface area contributed by atoms with E-state index in [1.54, 1.807) is 25.3 Å². The Morgan fingerprint density at radius 3 is 2.76 bits per heavy atom. The van der Waals surface area contributed by atoms with Crippen molar-refractivity contribution < 1.29 is 14.4 Å². The van der Waals surface area contributed by atoms with Crippen LogP contribution in [0.15, 0.2) is 51.5 Å². The van der Waals surface area contributed by atoms with Crippen LogP contribution in [0.2, 0.25) is 0 Å². The van der Waals surface area contributed by atoms with Crippen molar-refractivity contribution >= 4 is 15.9 Å². The van der Waals surface area contributed by atoms with Gasteiger partial charge in [0, 0.05) is 4.47 Å². The molecule has 0 aliphatic rings. The molecule has 0 spiro atoms. The Hall–Kier alpha value is -2.34. The van der Waals surface area contributed by atoms with E-state index in [1.165, 1.54) is 0 Å². The third kappa shape index (κ3) is 2.62. The van der Waals surface area contributed by atoms with E-state index >= 15 is 0 Å². The van der Waals surface area contributed by atoms with E-state index in [2.05, 4.69) is 26.1 Å². The number of aromatic nitrogens is 2. The fourth-order valence-corrected chi connectivity index (χ4v) is 2.31. The van der Waals surface area contributed by atoms with Crippen molar-refractivity contribution in [1.29, 1.82) is 0 Å². The highest BCUT2D eigenvalue weighted by Gasteiger charge is 2.16. The summed E-state index contributed by atoms with van der Waals surface area (Å²) in [5.74, 6) is 1.38. The number of phenols is 1. The molecule has 0 aliphatic heterocycles. The van der Waals surface area contributed by atoms with Gasteiger partial charge in [-0.05, 0) is 30.3 Å². The van der Waals surface area contributed by atoms with Crippen LogP contribution in [0.5, 0.6) is 11.5 Å². The first-order chi connectivity index (χ1) is 10.2. The molecule has 0 saturated heterocycles. The number of benzene rings is 2. The van der Waals surface area contributed by atoms with Crippen molar-refractivity contribution in [2.45, 2.75) is 0 Å². The smallest absolute Gasteiger partial charge is 0.262 e. The number of para-hydroxylation sites is 1. The quantitative estimate of drug-likeness (QED) is 0.779. The predicted molar refractivity (Wildman–Crippen MR) is 81.1 cm³/mol. The van der Waals surface area contributed by atoms with Crippen LogP contribution in [0.4, 0.5) is 0 Å². The number of hydrogen-bond donors (Lipinski definition) is 1. The molecule has 106 valence electrons. The zero-order valence-electron chi connectivity index (χ0n) is 11.1. The van der Waals surface area contributed by atoms with Crippen LogP contribution in [0.3, 0.4) is 0 Å². The van der Waals surface area contributed by atoms with Gasteiger partial charge < -0.3 is 14.4 Å². The minimum absolute atomic E-state index is 0.0772. The highest BCUT2D eigenvalue weighted by Crippen LogP contribution is 2.33. The SMILES string of the molecule is COc1ccccc1-c1noc(-c2cc(Br)ccc2O)n1. The van der Waals surface area contributed by atoms with Gasteiger partial charge in [0.15, 0.2) is 0 Å². The number of hydrogen-bond acceptors (Lipinski definition) is 5. The summed E-state index contributed by atoms with van der Waals surface area (Å²) in [5.41, 5.74) is 1.20. The van der Waals surface area contributed by atoms with Crippen molar-refractivity contribution in [3.05, 3.63) is 46.9 Å². The Kier molecular flexibility index (Phi) is 3.62. The van der Waals surface area contributed by atoms with E-state index < -0.39 is 0 Å². The molecule has 0 aliphatic carbocycles. The summed E-state index contributed by atoms with van der Waals surface area (Å²) in [6, 6.07) is 12.4. The van der Waals surface area contributed by atoms with E-state index in [0.717, 1.165) is 10.0 Å². The minimum Gasteiger partial charge on any atom is -0.507 e. The number of rotatable bonds is 3. The fourth-order valence-electron chi connectivity index (χ4n) is 1.95. The molecule has 5 nitrogen and oxygen atoms in total. The van der Waals surface area contributed by atoms with Gasteiger partial charge in [-0.15, -0.1) is 0 Å². The Labute approximate surface area is 129 Å². The number of halogens is 1. The second kappa shape index (κ2) is 5.57. The molecule has 0 amide bonds. The largest absolute Gasteiger partial charge is 0.507 e. The fraction of sp³-hybridized carbons (Fsp3) is 0.0667. The molecule has 3 rings (SSSR count). The summed E-state index contributed by atoms with van der Waals surface area (Å²) in [4.78, 5) is 4.32. The maximum atomic E-state index is 9.90. The summed E-state index contributed by atoms with van der Waals surface area (Å²) in [5, 5.41) is 13.8. The lowest BCUT2D eigenvalue weighted by Crippen LogP contribution is -1.88. The predicted octanol–water partition coefficient (Wildman–Crippen LogP) is 3.88. The summed E-state index contributed by atoms with van der Waals surface area (Å²) in [7, 11) is 1.58. The van der Waals surface area contributed by atoms with Gasteiger partial charge in [0.2, 0.25) is 5.82 Å². The molecule has 0 saturated carbocycles. The van der Waals surface area contributed by atoms with Gasteiger partial charge in [-0.1, -0.05) is 33.2 Å². The van der Waals surface area contributed by atoms with Gasteiger partial charge in [0.1, 0.15) is 11.5 Å². The van der Waals surface area contributed by atoms with Crippen LogP contribution in [-0.2, 0) is 0 Å². The van der Waals surface area contributed by atoms with Gasteiger partial charge >= 0.3 is 0 Å². The molecule has 2 aromatic carbocycles. The molecule has 6 heteroatoms. The average molecular weight is 347 g/mol. The zero-order chi connectivity index (χ0) is 14.8. The van der Waals surface area contributed by atoms with Gasteiger partial charge in [-0.25, -0.2) is 0 Å². The average Bonchev–Trinajstić information content (AvgIpc) is 2.99. The summed E-state index contributed by atoms with van der Waals surface area (Å²) >= 11 is 3.35. The van der Waals surface area contributed by atoms with Crippen LogP contribution in [0.1, 0.15) is 0 Å². The lowest BCUT2D eigenvalue weighted by atomic mass is 10.2. The Morgan fingerprint density at radius 2 is 1.95 bits per heavy atom. The number of ether oxygens (including phenoxy) is 1. The maximum absolute atomic E-state index is 9.90. The maximum Gasteiger partial charge on any atom is 0.262 e. The molecule has 1 heterocycles. The second-order valence-electron chi connectivity index (χ2n) is 4.28. The first-order valence-corrected chi connectivity index (χ1v) is 6.94. The van der Waals surface area contributed by atoms with Crippen molar-refractivity contribution in [2.24, 2.45) is 0 Å². The Bertz CT molecular complexity index is 786. The topological polar surface area (TPSA) is 68.4 Å². The molecule has 0 fully saturated rings. The lowest BCUT2D eigenvalue weighted by molar-refractivity contribution is 0.412. The van der Waals surface area contributed by atoms with E-state index in [9.17, 15) is 5.11 Å². The van der Waals surface area contributed by atoms with Crippen LogP contribution in [-0.4, -0.2) is 22.4 Å². The van der Waals surface area contributed by atoms with Crippen molar-refractivity contribution in [1.82, 2.24) is 10.1 Å². The molecule has 3 aromatic rings. The third-order valence-electron chi connectivity index (χ3n) is 2.96. The van der Waals surface area contributed by atoms with Gasteiger partial charge in [0.25, 0.3) is 5.89 Å². The van der Waals surface area contributed by atoms with Gasteiger partial charge in [-0.2, -0.15) is 4.98 Å². The molecule has 0 bridgehead atoms. The number of nitrogens with zero attached hydrogens (tertiary/aromatic N) is 2. The summed E-state index contributed by atoms with van der Waals surface area (Å²) in [6.45, 7) is 0. The molecular formula is C15H11BrN2O3. The Morgan fingerprint density at radius 1 is 1.14 bits per heavy atom. The van der Waals surface area contributed by atoms with Crippen LogP contribution >= 0.6 is 15.9 Å². The van der Waals surface area contributed by atoms with E-state index in [-0.39, 0.29) is 11.6 Å². The Balaban J connectivity index is 2.06. The lowest BCUT2D eigenvalue weighted by Gasteiger charge is -2.03. The zero-order valence-corrected chi connectivity index (χ0v) is 12.7. The van der Waals surface area contributed by atoms with Crippen LogP contribution in [0.25, 0.3) is 22.8 Å². The van der Waals surface area contributed by atoms with Crippen LogP contribution < -0.4 is 4.74 Å². The molecule has 0 unspecified atom stereocenters. The highest BCUT2D eigenvalue weighted by molar-refractivity contribution is 9.10. The summed E-state index contributed by atoms with van der Waals surface area (Å²) in [6.07, 6.45) is 0. The van der Waals surface area contributed by atoms with E-state index in [4.69, 9.17) is 9.26 Å². The first-order valence-electron chi connectivity index (χ1n) is 6.15. The molecule has 0 radical (unpaired) electrons. The van der Waals surface area contributed by atoms with Crippen molar-refractivity contribution in [3.8, 4) is 34.3 Å². The molecule has 0 atom stereocenters. The van der Waals surface area contributed by atoms with Gasteiger partial charge in [0.05, 0.1) is 18.2 Å². The van der Waals surface area contributed by atoms with Crippen molar-refractivity contribution in [3.63, 3.8) is 0 Å². The molecule has 21 heavy (non-hydrogen) atoms. The number of methoxy groups -OCH3 is 1. The van der Waals surface area contributed by atoms with Crippen molar-refractivity contribution in [2.75, 3.05) is 7.11 Å².